The third kappa shape index (κ3) is 3.26. The van der Waals surface area contributed by atoms with Gasteiger partial charge in [-0.05, 0) is 44.2 Å². The topological polar surface area (TPSA) is 59.3 Å². The number of nitrogens with one attached hydrogen (secondary N) is 1. The molecule has 0 aliphatic carbocycles. The first-order chi connectivity index (χ1) is 12.0. The maximum absolute atomic E-state index is 13.5. The number of aryl methyl sites for hydroxylation is 2. The van der Waals surface area contributed by atoms with Crippen molar-refractivity contribution in [1.82, 2.24) is 15.0 Å². The number of carbonyl (C=O) groups is 1. The van der Waals surface area contributed by atoms with Crippen LogP contribution in [0.15, 0.2) is 41.5 Å². The fourth-order valence-electron chi connectivity index (χ4n) is 2.64. The SMILES string of the molecule is CCn1c(C)nc2cc(C(=O)N/N=C/c3c(F)cccc3F)ccc21. The van der Waals surface area contributed by atoms with Crippen molar-refractivity contribution < 1.29 is 13.6 Å². The van der Waals surface area contributed by atoms with Crippen molar-refractivity contribution in [1.29, 1.82) is 0 Å². The molecule has 0 saturated carbocycles. The fraction of sp³-hybridized carbons (Fsp3) is 0.167. The number of hydrogen-bond donors (Lipinski definition) is 1. The van der Waals surface area contributed by atoms with Crippen molar-refractivity contribution in [3.05, 3.63) is 65.0 Å². The first kappa shape index (κ1) is 16.8. The zero-order chi connectivity index (χ0) is 18.0. The van der Waals surface area contributed by atoms with Crippen molar-refractivity contribution in [2.24, 2.45) is 5.10 Å². The number of hydrogen-bond acceptors (Lipinski definition) is 3. The number of benzene rings is 2. The minimum absolute atomic E-state index is 0.310. The van der Waals surface area contributed by atoms with Crippen LogP contribution in [0.5, 0.6) is 0 Å². The first-order valence-corrected chi connectivity index (χ1v) is 7.75. The number of halogens is 2. The summed E-state index contributed by atoms with van der Waals surface area (Å²) >= 11 is 0. The third-order valence-corrected chi connectivity index (χ3v) is 3.88. The summed E-state index contributed by atoms with van der Waals surface area (Å²) in [5.41, 5.74) is 3.96. The van der Waals surface area contributed by atoms with Crippen molar-refractivity contribution in [3.8, 4) is 0 Å². The van der Waals surface area contributed by atoms with E-state index in [1.807, 2.05) is 24.5 Å². The highest BCUT2D eigenvalue weighted by Gasteiger charge is 2.11. The van der Waals surface area contributed by atoms with Crippen LogP contribution in [0.4, 0.5) is 8.78 Å². The monoisotopic (exact) mass is 342 g/mol. The molecule has 3 aromatic rings. The molecule has 1 N–H and O–H groups in total. The van der Waals surface area contributed by atoms with Crippen molar-refractivity contribution in [2.75, 3.05) is 0 Å². The number of rotatable bonds is 4. The third-order valence-electron chi connectivity index (χ3n) is 3.88. The molecule has 1 aromatic heterocycles. The van der Waals surface area contributed by atoms with Gasteiger partial charge in [0.1, 0.15) is 17.5 Å². The molecule has 0 spiro atoms. The van der Waals surface area contributed by atoms with Crippen LogP contribution in [0.25, 0.3) is 11.0 Å². The van der Waals surface area contributed by atoms with Crippen LogP contribution >= 0.6 is 0 Å². The predicted molar refractivity (Wildman–Crippen MR) is 91.6 cm³/mol. The minimum atomic E-state index is -0.750. The van der Waals surface area contributed by atoms with Gasteiger partial charge in [0.2, 0.25) is 0 Å². The molecule has 5 nitrogen and oxygen atoms in total. The van der Waals surface area contributed by atoms with Crippen LogP contribution in [0, 0.1) is 18.6 Å². The summed E-state index contributed by atoms with van der Waals surface area (Å²) in [6, 6.07) is 8.62. The fourth-order valence-corrected chi connectivity index (χ4v) is 2.64. The van der Waals surface area contributed by atoms with E-state index in [0.29, 0.717) is 11.1 Å². The molecule has 1 heterocycles. The molecule has 0 aliphatic heterocycles. The molecule has 0 unspecified atom stereocenters. The van der Waals surface area contributed by atoms with Gasteiger partial charge in [-0.1, -0.05) is 6.07 Å². The zero-order valence-electron chi connectivity index (χ0n) is 13.8. The number of amides is 1. The second kappa shape index (κ2) is 6.80. The molecule has 2 aromatic carbocycles. The van der Waals surface area contributed by atoms with E-state index in [2.05, 4.69) is 15.5 Å². The Morgan fingerprint density at radius 1 is 1.28 bits per heavy atom. The molecule has 0 fully saturated rings. The van der Waals surface area contributed by atoms with E-state index in [0.717, 1.165) is 36.2 Å². The first-order valence-electron chi connectivity index (χ1n) is 7.75. The van der Waals surface area contributed by atoms with E-state index >= 15 is 0 Å². The summed E-state index contributed by atoms with van der Waals surface area (Å²) in [4.78, 5) is 16.6. The molecule has 7 heteroatoms. The maximum Gasteiger partial charge on any atom is 0.271 e. The molecule has 0 atom stereocenters. The average molecular weight is 342 g/mol. The smallest absolute Gasteiger partial charge is 0.271 e. The van der Waals surface area contributed by atoms with Gasteiger partial charge < -0.3 is 4.57 Å². The number of carbonyl (C=O) groups excluding carboxylic acids is 1. The summed E-state index contributed by atoms with van der Waals surface area (Å²) in [6.45, 7) is 4.70. The molecule has 3 rings (SSSR count). The highest BCUT2D eigenvalue weighted by Crippen LogP contribution is 2.17. The van der Waals surface area contributed by atoms with Crippen LogP contribution in [-0.4, -0.2) is 21.7 Å². The summed E-state index contributed by atoms with van der Waals surface area (Å²) in [7, 11) is 0. The standard InChI is InChI=1S/C18H16F2N4O/c1-3-24-11(2)22-16-9-12(7-8-17(16)24)18(25)23-21-10-13-14(19)5-4-6-15(13)20/h4-10H,3H2,1-2H3,(H,23,25)/b21-10+. The van der Waals surface area contributed by atoms with Crippen LogP contribution in [-0.2, 0) is 6.54 Å². The molecule has 0 bridgehead atoms. The molecular weight excluding hydrogens is 326 g/mol. The van der Waals surface area contributed by atoms with E-state index in [9.17, 15) is 13.6 Å². The Kier molecular flexibility index (Phi) is 4.56. The van der Waals surface area contributed by atoms with Crippen LogP contribution < -0.4 is 5.43 Å². The van der Waals surface area contributed by atoms with Gasteiger partial charge in [-0.15, -0.1) is 0 Å². The zero-order valence-corrected chi connectivity index (χ0v) is 13.8. The lowest BCUT2D eigenvalue weighted by Gasteiger charge is -2.03. The maximum atomic E-state index is 13.5. The van der Waals surface area contributed by atoms with Gasteiger partial charge in [0, 0.05) is 12.1 Å². The minimum Gasteiger partial charge on any atom is -0.329 e. The van der Waals surface area contributed by atoms with Crippen LogP contribution in [0.2, 0.25) is 0 Å². The number of fused-ring (bicyclic) bond motifs is 1. The second-order valence-corrected chi connectivity index (χ2v) is 5.44. The molecule has 0 radical (unpaired) electrons. The van der Waals surface area contributed by atoms with Gasteiger partial charge in [-0.3, -0.25) is 4.79 Å². The average Bonchev–Trinajstić information content (AvgIpc) is 2.91. The Hall–Kier alpha value is -3.09. The Morgan fingerprint density at radius 3 is 2.68 bits per heavy atom. The van der Waals surface area contributed by atoms with E-state index < -0.39 is 17.5 Å². The molecule has 25 heavy (non-hydrogen) atoms. The number of nitrogens with zero attached hydrogens (tertiary/aromatic N) is 3. The van der Waals surface area contributed by atoms with E-state index in [1.54, 1.807) is 12.1 Å². The van der Waals surface area contributed by atoms with Gasteiger partial charge in [-0.2, -0.15) is 5.10 Å². The molecule has 128 valence electrons. The predicted octanol–water partition coefficient (Wildman–Crippen LogP) is 3.41. The Morgan fingerprint density at radius 2 is 2.00 bits per heavy atom. The summed E-state index contributed by atoms with van der Waals surface area (Å²) < 4.78 is 29.0. The highest BCUT2D eigenvalue weighted by atomic mass is 19.1. The lowest BCUT2D eigenvalue weighted by molar-refractivity contribution is 0.0955. The highest BCUT2D eigenvalue weighted by molar-refractivity contribution is 5.98. The van der Waals surface area contributed by atoms with Gasteiger partial charge in [0.05, 0.1) is 22.8 Å². The molecular formula is C18H16F2N4O. The lowest BCUT2D eigenvalue weighted by Crippen LogP contribution is -2.17. The summed E-state index contributed by atoms with van der Waals surface area (Å²) in [6.07, 6.45) is 0.942. The molecule has 0 aliphatic rings. The number of imidazole rings is 1. The van der Waals surface area contributed by atoms with E-state index in [1.165, 1.54) is 6.07 Å². The van der Waals surface area contributed by atoms with E-state index in [4.69, 9.17) is 0 Å². The quantitative estimate of drug-likeness (QED) is 0.583. The lowest BCUT2D eigenvalue weighted by atomic mass is 10.2. The summed E-state index contributed by atoms with van der Waals surface area (Å²) in [5.74, 6) is -1.12. The van der Waals surface area contributed by atoms with Gasteiger partial charge in [0.15, 0.2) is 0 Å². The van der Waals surface area contributed by atoms with Gasteiger partial charge >= 0.3 is 0 Å². The second-order valence-electron chi connectivity index (χ2n) is 5.44. The number of aromatic nitrogens is 2. The normalized spacial score (nSPS) is 11.4. The Balaban J connectivity index is 1.79. The van der Waals surface area contributed by atoms with Gasteiger partial charge in [-0.25, -0.2) is 19.2 Å². The van der Waals surface area contributed by atoms with Crippen LogP contribution in [0.1, 0.15) is 28.7 Å². The largest absolute Gasteiger partial charge is 0.329 e. The van der Waals surface area contributed by atoms with Crippen molar-refractivity contribution >= 4 is 23.2 Å². The molecule has 0 saturated heterocycles. The van der Waals surface area contributed by atoms with Crippen molar-refractivity contribution in [2.45, 2.75) is 20.4 Å². The number of hydrazone groups is 1. The Bertz CT molecular complexity index is 958. The summed E-state index contributed by atoms with van der Waals surface area (Å²) in [5, 5.41) is 3.63. The van der Waals surface area contributed by atoms with Gasteiger partial charge in [0.25, 0.3) is 5.91 Å². The molecule has 1 amide bonds. The van der Waals surface area contributed by atoms with Crippen molar-refractivity contribution in [3.63, 3.8) is 0 Å². The Labute approximate surface area is 143 Å². The van der Waals surface area contributed by atoms with Crippen LogP contribution in [0.3, 0.4) is 0 Å². The van der Waals surface area contributed by atoms with E-state index in [-0.39, 0.29) is 5.56 Å².